The van der Waals surface area contributed by atoms with Crippen LogP contribution in [0.1, 0.15) is 65.5 Å². The van der Waals surface area contributed by atoms with Crippen LogP contribution in [0.5, 0.6) is 0 Å². The second-order valence-electron chi connectivity index (χ2n) is 13.9. The predicted molar refractivity (Wildman–Crippen MR) is 224 cm³/mol. The van der Waals surface area contributed by atoms with E-state index in [-0.39, 0.29) is 36.9 Å². The minimum absolute atomic E-state index is 0.0146. The topological polar surface area (TPSA) is 145 Å². The number of thioether (sulfide) groups is 2. The van der Waals surface area contributed by atoms with Crippen molar-refractivity contribution < 1.29 is 24.2 Å². The van der Waals surface area contributed by atoms with E-state index in [9.17, 15) is 19.5 Å². The fraction of sp³-hybridized carbons (Fsp3) is 0.537. The van der Waals surface area contributed by atoms with Crippen molar-refractivity contribution in [2.75, 3.05) is 32.5 Å². The molecule has 4 rings (SSSR count). The first kappa shape index (κ1) is 44.6. The van der Waals surface area contributed by atoms with Crippen LogP contribution in [-0.4, -0.2) is 101 Å². The number of hydrogen-bond acceptors (Lipinski definition) is 9. The quantitative estimate of drug-likeness (QED) is 0.132. The lowest BCUT2D eigenvalue weighted by molar-refractivity contribution is -0.125. The van der Waals surface area contributed by atoms with Crippen molar-refractivity contribution in [3.05, 3.63) is 82.8 Å². The molecule has 54 heavy (non-hydrogen) atoms. The largest absolute Gasteiger partial charge is 0.444 e. The van der Waals surface area contributed by atoms with E-state index in [4.69, 9.17) is 9.73 Å². The smallest absolute Gasteiger partial charge is 0.407 e. The summed E-state index contributed by atoms with van der Waals surface area (Å²) >= 11 is 3.14. The molecule has 0 fully saturated rings. The number of aliphatic hydroxyl groups is 1. The number of aliphatic imine (C=N–C) groups is 2. The van der Waals surface area contributed by atoms with Crippen LogP contribution in [0.25, 0.3) is 0 Å². The number of alkyl carbamates (subject to hydrolysis) is 1. The molecule has 0 saturated carbocycles. The van der Waals surface area contributed by atoms with Crippen LogP contribution < -0.4 is 16.0 Å². The van der Waals surface area contributed by atoms with Gasteiger partial charge in [-0.25, -0.2) is 9.59 Å². The van der Waals surface area contributed by atoms with Gasteiger partial charge in [0.05, 0.1) is 35.3 Å². The molecule has 2 unspecified atom stereocenters. The number of hydrogen-bond donors (Lipinski definition) is 4. The third kappa shape index (κ3) is 15.5. The van der Waals surface area contributed by atoms with Gasteiger partial charge in [0.25, 0.3) is 0 Å². The molecule has 5 atom stereocenters. The number of nitrogens with one attached hydrogen (secondary N) is 3. The Balaban J connectivity index is 0.00000385. The van der Waals surface area contributed by atoms with Crippen molar-refractivity contribution in [1.82, 2.24) is 20.9 Å². The monoisotopic (exact) mass is 780 g/mol. The molecule has 0 spiro atoms. The van der Waals surface area contributed by atoms with E-state index < -0.39 is 30.3 Å². The summed E-state index contributed by atoms with van der Waals surface area (Å²) in [6.07, 6.45) is 1.97. The van der Waals surface area contributed by atoms with Gasteiger partial charge in [0.2, 0.25) is 5.91 Å². The average Bonchev–Trinajstić information content (AvgIpc) is 3.65. The van der Waals surface area contributed by atoms with Crippen LogP contribution >= 0.6 is 23.5 Å². The molecule has 4 amide bonds. The van der Waals surface area contributed by atoms with E-state index in [0.717, 1.165) is 26.8 Å². The maximum absolute atomic E-state index is 13.9. The van der Waals surface area contributed by atoms with Crippen LogP contribution in [-0.2, 0) is 22.4 Å². The third-order valence-corrected chi connectivity index (χ3v) is 11.2. The number of benzene rings is 2. The highest BCUT2D eigenvalue weighted by atomic mass is 32.2. The second kappa shape index (κ2) is 23.9. The molecule has 0 radical (unpaired) electrons. The van der Waals surface area contributed by atoms with Gasteiger partial charge in [0.15, 0.2) is 0 Å². The number of amides is 4. The summed E-state index contributed by atoms with van der Waals surface area (Å²) < 4.78 is 5.51. The molecule has 2 aliphatic heterocycles. The first-order chi connectivity index (χ1) is 26.0. The van der Waals surface area contributed by atoms with E-state index in [1.54, 1.807) is 29.3 Å². The van der Waals surface area contributed by atoms with Crippen molar-refractivity contribution >= 4 is 52.1 Å². The molecule has 13 heteroatoms. The van der Waals surface area contributed by atoms with E-state index in [0.29, 0.717) is 38.3 Å². The molecule has 296 valence electrons. The number of carbonyl (C=O) groups is 3. The molecule has 2 aliphatic rings. The molecule has 0 aromatic heterocycles. The summed E-state index contributed by atoms with van der Waals surface area (Å²) in [5, 5.41) is 21.8. The van der Waals surface area contributed by atoms with Gasteiger partial charge < -0.3 is 30.7 Å². The minimum atomic E-state index is -1.02. The Labute approximate surface area is 330 Å². The Morgan fingerprint density at radius 3 is 2.22 bits per heavy atom. The molecule has 0 aliphatic carbocycles. The van der Waals surface area contributed by atoms with Gasteiger partial charge >= 0.3 is 12.1 Å². The van der Waals surface area contributed by atoms with Gasteiger partial charge in [-0.1, -0.05) is 114 Å². The van der Waals surface area contributed by atoms with Gasteiger partial charge in [0, 0.05) is 36.2 Å². The van der Waals surface area contributed by atoms with Crippen molar-refractivity contribution in [1.29, 1.82) is 0 Å². The Bertz CT molecular complexity index is 1540. The lowest BCUT2D eigenvalue weighted by atomic mass is 9.93. The summed E-state index contributed by atoms with van der Waals surface area (Å²) in [5.41, 5.74) is 3.76. The normalized spacial score (nSPS) is 17.3. The third-order valence-electron chi connectivity index (χ3n) is 8.90. The number of aryl methyl sites for hydroxylation is 1. The van der Waals surface area contributed by atoms with Gasteiger partial charge in [-0.3, -0.25) is 14.8 Å². The number of nitrogens with zero attached hydrogens (tertiary/aromatic N) is 3. The van der Waals surface area contributed by atoms with Crippen LogP contribution in [0.2, 0.25) is 0 Å². The Kier molecular flexibility index (Phi) is 19.7. The van der Waals surface area contributed by atoms with Crippen LogP contribution in [0.3, 0.4) is 0 Å². The molecule has 0 bridgehead atoms. The molecular formula is C41H60N6O5S2. The van der Waals surface area contributed by atoms with Crippen LogP contribution in [0.15, 0.2) is 81.6 Å². The van der Waals surface area contributed by atoms with E-state index >= 15 is 0 Å². The number of carbonyl (C=O) groups excluding carboxylic acids is 3. The second-order valence-corrected chi connectivity index (χ2v) is 16.0. The first-order valence-corrected chi connectivity index (χ1v) is 20.9. The lowest BCUT2D eigenvalue weighted by Gasteiger charge is -2.31. The number of ether oxygens (including phenoxy) is 1. The summed E-state index contributed by atoms with van der Waals surface area (Å²) in [6.45, 7) is 13.1. The molecular weight excluding hydrogens is 721 g/mol. The predicted octanol–water partition coefficient (Wildman–Crippen LogP) is 6.71. The number of urea groups is 1. The highest BCUT2D eigenvalue weighted by Gasteiger charge is 2.31. The fourth-order valence-corrected chi connectivity index (χ4v) is 7.62. The van der Waals surface area contributed by atoms with Crippen molar-refractivity contribution in [2.24, 2.45) is 21.8 Å². The zero-order valence-corrected chi connectivity index (χ0v) is 34.5. The Morgan fingerprint density at radius 2 is 1.63 bits per heavy atom. The fourth-order valence-electron chi connectivity index (χ4n) is 5.93. The highest BCUT2D eigenvalue weighted by molar-refractivity contribution is 8.15. The summed E-state index contributed by atoms with van der Waals surface area (Å²) in [6, 6.07) is 17.3. The summed E-state index contributed by atoms with van der Waals surface area (Å²) in [4.78, 5) is 51.7. The number of rotatable bonds is 18. The molecule has 11 nitrogen and oxygen atoms in total. The molecule has 4 N–H and O–H groups in total. The average molecular weight is 781 g/mol. The lowest BCUT2D eigenvalue weighted by Crippen LogP contribution is -2.56. The van der Waals surface area contributed by atoms with Crippen molar-refractivity contribution in [2.45, 2.75) is 97.5 Å². The first-order valence-electron chi connectivity index (χ1n) is 19.0. The van der Waals surface area contributed by atoms with Crippen LogP contribution in [0.4, 0.5) is 9.59 Å². The zero-order chi connectivity index (χ0) is 39.5. The number of likely N-dealkylation sites (N-methyl/N-ethyl adjacent to an activating group) is 1. The zero-order valence-electron chi connectivity index (χ0n) is 32.9. The van der Waals surface area contributed by atoms with Gasteiger partial charge in [0.1, 0.15) is 12.6 Å². The van der Waals surface area contributed by atoms with E-state index in [1.165, 1.54) is 11.8 Å². The molecule has 2 aromatic carbocycles. The molecule has 2 aromatic rings. The van der Waals surface area contributed by atoms with Crippen LogP contribution in [0, 0.1) is 11.8 Å². The van der Waals surface area contributed by atoms with Crippen molar-refractivity contribution in [3.63, 3.8) is 0 Å². The van der Waals surface area contributed by atoms with Gasteiger partial charge in [-0.15, -0.1) is 11.8 Å². The standard InChI is InChI=1S/C39H54N6O5S2.C2H6/c1-26(2)35(44-38(48)45(5)22-31-24-51-37(42-31)27(3)4)36(47)41-30(17-16-28-12-8-6-9-13-28)21-34(46)33(20-29-14-10-7-11-15-29)43-39(49)50-23-32-18-19-40-25-52-32;1-2/h6-15,18,25-27,30-31,33-35,46H,16-17,19-24H2,1-5H3,(H,41,47)(H,43,49)(H,44,48);1-2H3/t30-,31?,33-,34-,35?;/m0./s1. The van der Waals surface area contributed by atoms with Gasteiger partial charge in [-0.2, -0.15) is 0 Å². The van der Waals surface area contributed by atoms with Crippen molar-refractivity contribution in [3.8, 4) is 0 Å². The SMILES string of the molecule is CC.CC(C)C1=NC(CN(C)C(=O)NC(C(=O)N[C@@H](CCc2ccccc2)C[C@H](O)[C@H](Cc2ccccc2)NC(=O)OCC2=CCN=CS2)C(C)C)CS1. The van der Waals surface area contributed by atoms with Gasteiger partial charge in [-0.05, 0) is 48.8 Å². The van der Waals surface area contributed by atoms with E-state index in [1.807, 2.05) is 94.4 Å². The molecule has 0 saturated heterocycles. The summed E-state index contributed by atoms with van der Waals surface area (Å²) in [7, 11) is 1.72. The molecule has 2 heterocycles. The maximum Gasteiger partial charge on any atom is 0.407 e. The number of aliphatic hydroxyl groups excluding tert-OH is 1. The Hall–Kier alpha value is -3.81. The van der Waals surface area contributed by atoms with E-state index in [2.05, 4.69) is 34.8 Å². The maximum atomic E-state index is 13.9. The minimum Gasteiger partial charge on any atom is -0.444 e. The summed E-state index contributed by atoms with van der Waals surface area (Å²) in [5.74, 6) is 0.659. The highest BCUT2D eigenvalue weighted by Crippen LogP contribution is 2.24. The Morgan fingerprint density at radius 1 is 0.963 bits per heavy atom.